The molecule has 1 heterocycles. The molecular formula is C18H17FN4O2S. The van der Waals surface area contributed by atoms with E-state index in [0.29, 0.717) is 5.69 Å². The van der Waals surface area contributed by atoms with Crippen molar-refractivity contribution in [2.75, 3.05) is 16.5 Å². The molecule has 2 N–H and O–H groups in total. The van der Waals surface area contributed by atoms with Crippen LogP contribution in [0.15, 0.2) is 54.9 Å². The van der Waals surface area contributed by atoms with Crippen LogP contribution < -0.4 is 10.7 Å². The predicted octanol–water partition coefficient (Wildman–Crippen LogP) is 3.01. The minimum absolute atomic E-state index is 0.108. The maximum absolute atomic E-state index is 12.9. The predicted molar refractivity (Wildman–Crippen MR) is 101 cm³/mol. The zero-order valence-electron chi connectivity index (χ0n) is 14.0. The van der Waals surface area contributed by atoms with Gasteiger partial charge in [-0.1, -0.05) is 12.1 Å². The zero-order valence-corrected chi connectivity index (χ0v) is 14.8. The fraction of sp³-hybridized carbons (Fsp3) is 0.167. The number of benzene rings is 2. The highest BCUT2D eigenvalue weighted by Gasteiger charge is 2.16. The Bertz CT molecular complexity index is 926. The molecule has 0 bridgehead atoms. The topological polar surface area (TPSA) is 76.0 Å². The second-order valence-electron chi connectivity index (χ2n) is 5.59. The lowest BCUT2D eigenvalue weighted by Gasteiger charge is -2.13. The number of carbonyl (C=O) groups excluding carboxylic acids is 2. The quantitative estimate of drug-likeness (QED) is 0.697. The highest BCUT2D eigenvalue weighted by Crippen LogP contribution is 2.15. The first-order valence-corrected chi connectivity index (χ1v) is 8.98. The monoisotopic (exact) mass is 372 g/mol. The summed E-state index contributed by atoms with van der Waals surface area (Å²) in [4.78, 5) is 28.5. The Hall–Kier alpha value is -2.87. The van der Waals surface area contributed by atoms with Crippen LogP contribution >= 0.6 is 11.8 Å². The number of thioether (sulfide) groups is 1. The number of anilines is 1. The van der Waals surface area contributed by atoms with Gasteiger partial charge in [0, 0.05) is 5.69 Å². The number of halogens is 1. The number of nitrogens with one attached hydrogen (secondary N) is 2. The largest absolute Gasteiger partial charge is 0.325 e. The Morgan fingerprint density at radius 2 is 1.92 bits per heavy atom. The molecule has 1 atom stereocenters. The third-order valence-corrected chi connectivity index (χ3v) is 4.79. The molecule has 0 saturated carbocycles. The van der Waals surface area contributed by atoms with Crippen LogP contribution in [0.2, 0.25) is 0 Å². The number of nitrogens with zero attached hydrogens (tertiary/aromatic N) is 2. The van der Waals surface area contributed by atoms with E-state index in [0.717, 1.165) is 11.0 Å². The number of rotatable bonds is 6. The third-order valence-electron chi connectivity index (χ3n) is 3.65. The van der Waals surface area contributed by atoms with Crippen LogP contribution in [0.25, 0.3) is 11.0 Å². The summed E-state index contributed by atoms with van der Waals surface area (Å²) in [5, 5.41) is 2.22. The van der Waals surface area contributed by atoms with E-state index in [9.17, 15) is 14.0 Å². The van der Waals surface area contributed by atoms with E-state index in [1.807, 2.05) is 24.3 Å². The Kier molecular flexibility index (Phi) is 5.52. The van der Waals surface area contributed by atoms with Crippen molar-refractivity contribution in [1.29, 1.82) is 0 Å². The fourth-order valence-electron chi connectivity index (χ4n) is 2.26. The molecule has 3 aromatic rings. The lowest BCUT2D eigenvalue weighted by molar-refractivity contribution is -0.116. The van der Waals surface area contributed by atoms with Gasteiger partial charge in [0.25, 0.3) is 5.91 Å². The van der Waals surface area contributed by atoms with Gasteiger partial charge in [-0.2, -0.15) is 0 Å². The minimum Gasteiger partial charge on any atom is -0.325 e. The molecule has 26 heavy (non-hydrogen) atoms. The van der Waals surface area contributed by atoms with E-state index in [4.69, 9.17) is 0 Å². The molecule has 0 aliphatic rings. The van der Waals surface area contributed by atoms with Crippen molar-refractivity contribution in [2.45, 2.75) is 12.2 Å². The van der Waals surface area contributed by atoms with Gasteiger partial charge in [-0.15, -0.1) is 11.8 Å². The summed E-state index contributed by atoms with van der Waals surface area (Å²) in [6, 6.07) is 13.0. The lowest BCUT2D eigenvalue weighted by atomic mass is 10.3. The zero-order chi connectivity index (χ0) is 18.5. The number of carbonyl (C=O) groups is 2. The van der Waals surface area contributed by atoms with E-state index in [-0.39, 0.29) is 23.4 Å². The van der Waals surface area contributed by atoms with Gasteiger partial charge in [-0.3, -0.25) is 15.0 Å². The molecule has 2 amide bonds. The van der Waals surface area contributed by atoms with Crippen molar-refractivity contribution in [2.24, 2.45) is 0 Å². The molecule has 0 spiro atoms. The minimum atomic E-state index is -0.435. The van der Waals surface area contributed by atoms with E-state index in [2.05, 4.69) is 15.7 Å². The van der Waals surface area contributed by atoms with Gasteiger partial charge in [-0.05, 0) is 43.3 Å². The molecule has 0 radical (unpaired) electrons. The standard InChI is InChI=1S/C18H17FN4O2S/c1-12(26-10-17(24)21-14-8-6-13(19)7-9-14)18(25)22-23-11-20-15-4-2-3-5-16(15)23/h2-9,11-12H,10H2,1H3,(H,21,24)(H,22,25). The summed E-state index contributed by atoms with van der Waals surface area (Å²) in [6.45, 7) is 1.73. The molecule has 8 heteroatoms. The van der Waals surface area contributed by atoms with E-state index in [1.54, 1.807) is 17.9 Å². The van der Waals surface area contributed by atoms with Crippen LogP contribution in [0.4, 0.5) is 10.1 Å². The molecule has 2 aromatic carbocycles. The number of hydrogen-bond donors (Lipinski definition) is 2. The normalized spacial score (nSPS) is 11.9. The first kappa shape index (κ1) is 17.9. The maximum Gasteiger partial charge on any atom is 0.251 e. The van der Waals surface area contributed by atoms with E-state index >= 15 is 0 Å². The number of para-hydroxylation sites is 2. The van der Waals surface area contributed by atoms with Gasteiger partial charge in [-0.25, -0.2) is 14.1 Å². The SMILES string of the molecule is CC(SCC(=O)Nc1ccc(F)cc1)C(=O)Nn1cnc2ccccc21. The highest BCUT2D eigenvalue weighted by atomic mass is 32.2. The molecule has 1 aromatic heterocycles. The highest BCUT2D eigenvalue weighted by molar-refractivity contribution is 8.01. The van der Waals surface area contributed by atoms with Crippen LogP contribution in [-0.4, -0.2) is 32.5 Å². The van der Waals surface area contributed by atoms with Crippen LogP contribution in [0.3, 0.4) is 0 Å². The average molecular weight is 372 g/mol. The molecule has 1 unspecified atom stereocenters. The van der Waals surface area contributed by atoms with Crippen molar-refractivity contribution in [3.63, 3.8) is 0 Å². The molecule has 0 saturated heterocycles. The lowest BCUT2D eigenvalue weighted by Crippen LogP contribution is -2.30. The second-order valence-corrected chi connectivity index (χ2v) is 6.92. The Morgan fingerprint density at radius 3 is 2.69 bits per heavy atom. The molecule has 0 aliphatic heterocycles. The number of aromatic nitrogens is 2. The third kappa shape index (κ3) is 4.40. The fourth-order valence-corrected chi connectivity index (χ4v) is 2.94. The van der Waals surface area contributed by atoms with Crippen molar-refractivity contribution >= 4 is 40.3 Å². The average Bonchev–Trinajstić information content (AvgIpc) is 3.04. The van der Waals surface area contributed by atoms with Crippen molar-refractivity contribution in [3.8, 4) is 0 Å². The van der Waals surface area contributed by atoms with Crippen molar-refractivity contribution in [3.05, 3.63) is 60.7 Å². The summed E-state index contributed by atoms with van der Waals surface area (Å²) in [5.41, 5.74) is 4.86. The molecular weight excluding hydrogens is 355 g/mol. The number of imidazole rings is 1. The van der Waals surface area contributed by atoms with Crippen molar-refractivity contribution in [1.82, 2.24) is 9.66 Å². The summed E-state index contributed by atoms with van der Waals surface area (Å²) >= 11 is 1.21. The maximum atomic E-state index is 12.9. The smallest absolute Gasteiger partial charge is 0.251 e. The van der Waals surface area contributed by atoms with Gasteiger partial charge in [0.1, 0.15) is 12.1 Å². The van der Waals surface area contributed by atoms with Gasteiger partial charge in [0.05, 0.1) is 22.0 Å². The van der Waals surface area contributed by atoms with Crippen LogP contribution in [0, 0.1) is 5.82 Å². The molecule has 6 nitrogen and oxygen atoms in total. The Balaban J connectivity index is 1.51. The van der Waals surface area contributed by atoms with Gasteiger partial charge in [0.2, 0.25) is 5.91 Å². The number of hydrogen-bond acceptors (Lipinski definition) is 4. The second kappa shape index (κ2) is 8.01. The summed E-state index contributed by atoms with van der Waals surface area (Å²) in [6.07, 6.45) is 1.54. The van der Waals surface area contributed by atoms with E-state index < -0.39 is 5.25 Å². The molecule has 3 rings (SSSR count). The van der Waals surface area contributed by atoms with Gasteiger partial charge >= 0.3 is 0 Å². The molecule has 0 aliphatic carbocycles. The summed E-state index contributed by atoms with van der Waals surface area (Å²) in [5.74, 6) is -0.742. The van der Waals surface area contributed by atoms with Crippen LogP contribution in [0.5, 0.6) is 0 Å². The van der Waals surface area contributed by atoms with Gasteiger partial charge in [0.15, 0.2) is 0 Å². The van der Waals surface area contributed by atoms with Crippen molar-refractivity contribution < 1.29 is 14.0 Å². The molecule has 134 valence electrons. The van der Waals surface area contributed by atoms with E-state index in [1.165, 1.54) is 36.0 Å². The van der Waals surface area contributed by atoms with Crippen LogP contribution in [0.1, 0.15) is 6.92 Å². The summed E-state index contributed by atoms with van der Waals surface area (Å²) < 4.78 is 14.4. The first-order valence-electron chi connectivity index (χ1n) is 7.93. The van der Waals surface area contributed by atoms with Gasteiger partial charge < -0.3 is 5.32 Å². The Morgan fingerprint density at radius 1 is 1.19 bits per heavy atom. The first-order chi connectivity index (χ1) is 12.5. The molecule has 0 fully saturated rings. The number of amides is 2. The number of fused-ring (bicyclic) bond motifs is 1. The van der Waals surface area contributed by atoms with Crippen LogP contribution in [-0.2, 0) is 9.59 Å². The summed E-state index contributed by atoms with van der Waals surface area (Å²) in [7, 11) is 0. The Labute approximate surface area is 153 Å².